The van der Waals surface area contributed by atoms with E-state index in [0.29, 0.717) is 5.56 Å². The van der Waals surface area contributed by atoms with Crippen molar-refractivity contribution in [3.05, 3.63) is 50.4 Å². The molecule has 1 heterocycles. The second-order valence-corrected chi connectivity index (χ2v) is 6.57. The van der Waals surface area contributed by atoms with Crippen LogP contribution < -0.4 is 5.32 Å². The average molecular weight is 405 g/mol. The minimum atomic E-state index is -0.262. The Morgan fingerprint density at radius 1 is 1.30 bits per heavy atom. The molecule has 6 heteroatoms. The van der Waals surface area contributed by atoms with E-state index in [1.165, 1.54) is 6.07 Å². The van der Waals surface area contributed by atoms with Crippen molar-refractivity contribution in [3.63, 3.8) is 0 Å². The maximum atomic E-state index is 14.2. The quantitative estimate of drug-likeness (QED) is 0.816. The molecule has 2 rings (SSSR count). The fourth-order valence-electron chi connectivity index (χ4n) is 2.21. The van der Waals surface area contributed by atoms with Gasteiger partial charge in [-0.15, -0.1) is 0 Å². The number of aromatic nitrogens is 2. The summed E-state index contributed by atoms with van der Waals surface area (Å²) in [5, 5.41) is 7.53. The smallest absolute Gasteiger partial charge is 0.129 e. The topological polar surface area (TPSA) is 29.9 Å². The van der Waals surface area contributed by atoms with Crippen molar-refractivity contribution in [2.45, 2.75) is 25.9 Å². The van der Waals surface area contributed by atoms with Gasteiger partial charge in [0.1, 0.15) is 5.82 Å². The molecule has 0 fully saturated rings. The van der Waals surface area contributed by atoms with Crippen LogP contribution in [-0.4, -0.2) is 16.8 Å². The molecule has 1 aromatic carbocycles. The molecule has 20 heavy (non-hydrogen) atoms. The van der Waals surface area contributed by atoms with Crippen LogP contribution in [0.3, 0.4) is 0 Å². The van der Waals surface area contributed by atoms with Gasteiger partial charge in [0.15, 0.2) is 0 Å². The van der Waals surface area contributed by atoms with Crippen molar-refractivity contribution in [3.8, 4) is 0 Å². The van der Waals surface area contributed by atoms with Crippen LogP contribution in [-0.2, 0) is 0 Å². The van der Waals surface area contributed by atoms with Gasteiger partial charge in [-0.05, 0) is 49.0 Å². The second kappa shape index (κ2) is 6.37. The molecule has 0 bridgehead atoms. The molecule has 0 radical (unpaired) electrons. The van der Waals surface area contributed by atoms with Crippen LogP contribution in [0.5, 0.6) is 0 Å². The van der Waals surface area contributed by atoms with Gasteiger partial charge in [-0.2, -0.15) is 5.10 Å². The third-order valence-electron chi connectivity index (χ3n) is 3.11. The first kappa shape index (κ1) is 15.7. The SMILES string of the molecule is CNC(c1ccc(Br)cc1F)c1c(Br)cnn1C(C)C. The number of halogens is 3. The monoisotopic (exact) mass is 403 g/mol. The average Bonchev–Trinajstić information content (AvgIpc) is 2.75. The molecular formula is C14H16Br2FN3. The fourth-order valence-corrected chi connectivity index (χ4v) is 3.04. The van der Waals surface area contributed by atoms with Gasteiger partial charge < -0.3 is 5.32 Å². The van der Waals surface area contributed by atoms with Crippen molar-refractivity contribution in [1.29, 1.82) is 0 Å². The van der Waals surface area contributed by atoms with E-state index >= 15 is 0 Å². The number of hydrogen-bond donors (Lipinski definition) is 1. The van der Waals surface area contributed by atoms with E-state index in [-0.39, 0.29) is 17.9 Å². The van der Waals surface area contributed by atoms with E-state index in [1.54, 1.807) is 12.3 Å². The third-order valence-corrected chi connectivity index (χ3v) is 4.22. The third kappa shape index (κ3) is 2.97. The number of nitrogens with one attached hydrogen (secondary N) is 1. The molecule has 0 aliphatic rings. The molecule has 3 nitrogen and oxygen atoms in total. The van der Waals surface area contributed by atoms with Crippen molar-refractivity contribution < 1.29 is 4.39 Å². The van der Waals surface area contributed by atoms with E-state index in [9.17, 15) is 4.39 Å². The lowest BCUT2D eigenvalue weighted by atomic mass is 10.0. The predicted molar refractivity (Wildman–Crippen MR) is 85.3 cm³/mol. The molecule has 1 N–H and O–H groups in total. The van der Waals surface area contributed by atoms with Crippen LogP contribution in [0.4, 0.5) is 4.39 Å². The first-order valence-electron chi connectivity index (χ1n) is 6.30. The first-order chi connectivity index (χ1) is 9.45. The molecule has 0 saturated heterocycles. The minimum absolute atomic E-state index is 0.200. The van der Waals surface area contributed by atoms with Gasteiger partial charge in [0, 0.05) is 16.1 Å². The highest BCUT2D eigenvalue weighted by Gasteiger charge is 2.24. The van der Waals surface area contributed by atoms with Gasteiger partial charge in [0.05, 0.1) is 22.4 Å². The Bertz CT molecular complexity index is 610. The summed E-state index contributed by atoms with van der Waals surface area (Å²) in [6.45, 7) is 4.10. The lowest BCUT2D eigenvalue weighted by molar-refractivity contribution is 0.475. The summed E-state index contributed by atoms with van der Waals surface area (Å²) in [7, 11) is 1.82. The maximum absolute atomic E-state index is 14.2. The van der Waals surface area contributed by atoms with Crippen molar-refractivity contribution in [2.24, 2.45) is 0 Å². The molecule has 0 aliphatic heterocycles. The molecule has 0 aliphatic carbocycles. The molecule has 0 saturated carbocycles. The summed E-state index contributed by atoms with van der Waals surface area (Å²) in [6.07, 6.45) is 1.75. The standard InChI is InChI=1S/C14H16Br2FN3/c1-8(2)20-14(11(16)7-19-20)13(18-3)10-5-4-9(15)6-12(10)17/h4-8,13,18H,1-3H3. The van der Waals surface area contributed by atoms with Crippen LogP contribution in [0.2, 0.25) is 0 Å². The normalized spacial score (nSPS) is 12.9. The Labute approximate surface area is 134 Å². The first-order valence-corrected chi connectivity index (χ1v) is 7.89. The largest absolute Gasteiger partial charge is 0.308 e. The predicted octanol–water partition coefficient (Wildman–Crippen LogP) is 4.44. The van der Waals surface area contributed by atoms with Crippen LogP contribution >= 0.6 is 31.9 Å². The van der Waals surface area contributed by atoms with Crippen LogP contribution in [0, 0.1) is 5.82 Å². The second-order valence-electron chi connectivity index (χ2n) is 4.80. The van der Waals surface area contributed by atoms with Crippen molar-refractivity contribution in [1.82, 2.24) is 15.1 Å². The summed E-state index contributed by atoms with van der Waals surface area (Å²) in [5.74, 6) is -0.248. The Kier molecular flexibility index (Phi) is 4.99. The van der Waals surface area contributed by atoms with Crippen molar-refractivity contribution in [2.75, 3.05) is 7.05 Å². The molecule has 1 aromatic heterocycles. The Morgan fingerprint density at radius 3 is 2.55 bits per heavy atom. The van der Waals surface area contributed by atoms with Crippen LogP contribution in [0.25, 0.3) is 0 Å². The number of rotatable bonds is 4. The molecule has 1 unspecified atom stereocenters. The minimum Gasteiger partial charge on any atom is -0.308 e. The van der Waals surface area contributed by atoms with Gasteiger partial charge >= 0.3 is 0 Å². The highest BCUT2D eigenvalue weighted by molar-refractivity contribution is 9.10. The molecule has 0 amide bonds. The number of benzene rings is 1. The molecule has 0 spiro atoms. The lowest BCUT2D eigenvalue weighted by Crippen LogP contribution is -2.23. The maximum Gasteiger partial charge on any atom is 0.129 e. The van der Waals surface area contributed by atoms with Gasteiger partial charge in [0.25, 0.3) is 0 Å². The zero-order valence-electron chi connectivity index (χ0n) is 11.5. The highest BCUT2D eigenvalue weighted by Crippen LogP contribution is 2.32. The summed E-state index contributed by atoms with van der Waals surface area (Å²) >= 11 is 6.79. The van der Waals surface area contributed by atoms with Crippen LogP contribution in [0.1, 0.15) is 37.2 Å². The fraction of sp³-hybridized carbons (Fsp3) is 0.357. The number of hydrogen-bond acceptors (Lipinski definition) is 2. The zero-order chi connectivity index (χ0) is 14.9. The highest BCUT2D eigenvalue weighted by atomic mass is 79.9. The summed E-state index contributed by atoms with van der Waals surface area (Å²) < 4.78 is 17.7. The van der Waals surface area contributed by atoms with Crippen LogP contribution in [0.15, 0.2) is 33.3 Å². The molecule has 2 aromatic rings. The lowest BCUT2D eigenvalue weighted by Gasteiger charge is -2.21. The zero-order valence-corrected chi connectivity index (χ0v) is 14.7. The summed E-state index contributed by atoms with van der Waals surface area (Å²) in [6, 6.07) is 5.04. The summed E-state index contributed by atoms with van der Waals surface area (Å²) in [4.78, 5) is 0. The van der Waals surface area contributed by atoms with E-state index in [2.05, 4.69) is 42.3 Å². The van der Waals surface area contributed by atoms with E-state index in [4.69, 9.17) is 0 Å². The van der Waals surface area contributed by atoms with E-state index < -0.39 is 0 Å². The summed E-state index contributed by atoms with van der Waals surface area (Å²) in [5.41, 5.74) is 1.52. The molecular weight excluding hydrogens is 389 g/mol. The van der Waals surface area contributed by atoms with E-state index in [1.807, 2.05) is 31.6 Å². The Balaban J connectivity index is 2.55. The van der Waals surface area contributed by atoms with Gasteiger partial charge in [-0.1, -0.05) is 22.0 Å². The van der Waals surface area contributed by atoms with Gasteiger partial charge in [-0.3, -0.25) is 4.68 Å². The van der Waals surface area contributed by atoms with Gasteiger partial charge in [-0.25, -0.2) is 4.39 Å². The van der Waals surface area contributed by atoms with Crippen molar-refractivity contribution >= 4 is 31.9 Å². The molecule has 1 atom stereocenters. The Morgan fingerprint density at radius 2 is 2.00 bits per heavy atom. The number of nitrogens with zero attached hydrogens (tertiary/aromatic N) is 2. The Hall–Kier alpha value is -0.720. The van der Waals surface area contributed by atoms with E-state index in [0.717, 1.165) is 14.6 Å². The van der Waals surface area contributed by atoms with Gasteiger partial charge in [0.2, 0.25) is 0 Å². The molecule has 108 valence electrons.